The lowest BCUT2D eigenvalue weighted by Crippen LogP contribution is -2.35. The minimum atomic E-state index is -0.280. The second kappa shape index (κ2) is 7.69. The van der Waals surface area contributed by atoms with Crippen LogP contribution in [-0.4, -0.2) is 26.1 Å². The molecule has 2 atom stereocenters. The smallest absolute Gasteiger partial charge is 0.225 e. The third-order valence-corrected chi connectivity index (χ3v) is 4.73. The molecule has 126 valence electrons. The molecule has 0 aromatic heterocycles. The van der Waals surface area contributed by atoms with Crippen LogP contribution in [0.4, 0.5) is 0 Å². The Morgan fingerprint density at radius 2 is 2.00 bits per heavy atom. The van der Waals surface area contributed by atoms with Gasteiger partial charge in [-0.1, -0.05) is 41.9 Å². The van der Waals surface area contributed by atoms with Crippen molar-refractivity contribution in [1.82, 2.24) is 10.6 Å². The van der Waals surface area contributed by atoms with Gasteiger partial charge in [-0.3, -0.25) is 4.79 Å². The molecule has 2 unspecified atom stereocenters. The monoisotopic (exact) mass is 344 g/mol. The molecule has 1 amide bonds. The standard InChI is InChI=1S/C19H21ClN2O2/c1-24-15-8-6-13(7-9-15)18(16-4-2-3-5-17(16)20)22-19(23)14-10-11-21-12-14/h2-9,14,18,21H,10-12H2,1H3,(H,22,23). The number of nitrogens with one attached hydrogen (secondary N) is 2. The van der Waals surface area contributed by atoms with E-state index < -0.39 is 0 Å². The number of carbonyl (C=O) groups excluding carboxylic acids is 1. The summed E-state index contributed by atoms with van der Waals surface area (Å²) in [6.07, 6.45) is 0.865. The van der Waals surface area contributed by atoms with Crippen LogP contribution >= 0.6 is 11.6 Å². The number of ether oxygens (including phenoxy) is 1. The van der Waals surface area contributed by atoms with E-state index in [1.807, 2.05) is 48.5 Å². The Morgan fingerprint density at radius 1 is 1.25 bits per heavy atom. The van der Waals surface area contributed by atoms with Crippen LogP contribution in [0.25, 0.3) is 0 Å². The van der Waals surface area contributed by atoms with Crippen molar-refractivity contribution in [1.29, 1.82) is 0 Å². The van der Waals surface area contributed by atoms with E-state index >= 15 is 0 Å². The highest BCUT2D eigenvalue weighted by atomic mass is 35.5. The molecular formula is C19H21ClN2O2. The summed E-state index contributed by atoms with van der Waals surface area (Å²) >= 11 is 6.38. The van der Waals surface area contributed by atoms with E-state index in [0.717, 1.165) is 36.4 Å². The van der Waals surface area contributed by atoms with Crippen molar-refractivity contribution in [3.05, 3.63) is 64.7 Å². The lowest BCUT2D eigenvalue weighted by Gasteiger charge is -2.23. The van der Waals surface area contributed by atoms with Crippen molar-refractivity contribution in [3.63, 3.8) is 0 Å². The summed E-state index contributed by atoms with van der Waals surface area (Å²) in [5.41, 5.74) is 1.87. The van der Waals surface area contributed by atoms with Crippen molar-refractivity contribution in [2.45, 2.75) is 12.5 Å². The summed E-state index contributed by atoms with van der Waals surface area (Å²) in [6, 6.07) is 15.0. The first kappa shape index (κ1) is 16.8. The molecule has 0 aliphatic carbocycles. The largest absolute Gasteiger partial charge is 0.497 e. The van der Waals surface area contributed by atoms with Gasteiger partial charge in [0.15, 0.2) is 0 Å². The Balaban J connectivity index is 1.90. The predicted octanol–water partition coefficient (Wildman–Crippen LogP) is 3.16. The fraction of sp³-hybridized carbons (Fsp3) is 0.316. The highest BCUT2D eigenvalue weighted by Gasteiger charge is 2.26. The van der Waals surface area contributed by atoms with Crippen molar-refractivity contribution in [2.75, 3.05) is 20.2 Å². The molecule has 3 rings (SSSR count). The number of methoxy groups -OCH3 is 1. The van der Waals surface area contributed by atoms with E-state index in [0.29, 0.717) is 5.02 Å². The summed E-state index contributed by atoms with van der Waals surface area (Å²) in [4.78, 5) is 12.6. The Kier molecular flexibility index (Phi) is 5.38. The molecule has 4 nitrogen and oxygen atoms in total. The number of carbonyl (C=O) groups is 1. The van der Waals surface area contributed by atoms with Gasteiger partial charge in [0.25, 0.3) is 0 Å². The SMILES string of the molecule is COc1ccc(C(NC(=O)C2CCNC2)c2ccccc2Cl)cc1. The summed E-state index contributed by atoms with van der Waals surface area (Å²) in [7, 11) is 1.63. The molecule has 1 saturated heterocycles. The summed E-state index contributed by atoms with van der Waals surface area (Å²) in [5, 5.41) is 7.04. The molecular weight excluding hydrogens is 324 g/mol. The summed E-state index contributed by atoms with van der Waals surface area (Å²) < 4.78 is 5.22. The van der Waals surface area contributed by atoms with E-state index in [-0.39, 0.29) is 17.9 Å². The quantitative estimate of drug-likeness (QED) is 0.876. The van der Waals surface area contributed by atoms with Crippen LogP contribution in [-0.2, 0) is 4.79 Å². The molecule has 2 aromatic rings. The minimum Gasteiger partial charge on any atom is -0.497 e. The third-order valence-electron chi connectivity index (χ3n) is 4.38. The number of hydrogen-bond donors (Lipinski definition) is 2. The van der Waals surface area contributed by atoms with Gasteiger partial charge in [-0.05, 0) is 42.3 Å². The second-order valence-electron chi connectivity index (χ2n) is 5.93. The van der Waals surface area contributed by atoms with Crippen LogP contribution in [0.2, 0.25) is 5.02 Å². The summed E-state index contributed by atoms with van der Waals surface area (Å²) in [6.45, 7) is 1.61. The molecule has 24 heavy (non-hydrogen) atoms. The van der Waals surface area contributed by atoms with Gasteiger partial charge in [-0.2, -0.15) is 0 Å². The number of halogens is 1. The van der Waals surface area contributed by atoms with Crippen molar-refractivity contribution >= 4 is 17.5 Å². The zero-order valence-electron chi connectivity index (χ0n) is 13.6. The first-order chi connectivity index (χ1) is 11.7. The van der Waals surface area contributed by atoms with Gasteiger partial charge in [0, 0.05) is 11.6 Å². The van der Waals surface area contributed by atoms with Crippen molar-refractivity contribution in [3.8, 4) is 5.75 Å². The zero-order valence-corrected chi connectivity index (χ0v) is 14.3. The molecule has 0 spiro atoms. The number of hydrogen-bond acceptors (Lipinski definition) is 3. The summed E-state index contributed by atoms with van der Waals surface area (Å²) in [5.74, 6) is 0.844. The maximum absolute atomic E-state index is 12.6. The predicted molar refractivity (Wildman–Crippen MR) is 95.4 cm³/mol. The number of benzene rings is 2. The van der Waals surface area contributed by atoms with E-state index in [1.54, 1.807) is 7.11 Å². The Bertz CT molecular complexity index is 697. The van der Waals surface area contributed by atoms with E-state index in [2.05, 4.69) is 10.6 Å². The molecule has 1 fully saturated rings. The van der Waals surface area contributed by atoms with Gasteiger partial charge in [-0.15, -0.1) is 0 Å². The molecule has 1 aliphatic rings. The Morgan fingerprint density at radius 3 is 2.62 bits per heavy atom. The average Bonchev–Trinajstić information content (AvgIpc) is 3.15. The van der Waals surface area contributed by atoms with Crippen LogP contribution in [0.1, 0.15) is 23.6 Å². The van der Waals surface area contributed by atoms with Gasteiger partial charge in [0.2, 0.25) is 5.91 Å². The minimum absolute atomic E-state index is 0.00763. The second-order valence-corrected chi connectivity index (χ2v) is 6.33. The van der Waals surface area contributed by atoms with Gasteiger partial charge in [0.05, 0.1) is 19.1 Å². The van der Waals surface area contributed by atoms with Crippen LogP contribution in [0.5, 0.6) is 5.75 Å². The molecule has 0 radical (unpaired) electrons. The number of amides is 1. The Labute approximate surface area is 147 Å². The van der Waals surface area contributed by atoms with Gasteiger partial charge in [0.1, 0.15) is 5.75 Å². The average molecular weight is 345 g/mol. The van der Waals surface area contributed by atoms with Crippen LogP contribution in [0, 0.1) is 5.92 Å². The first-order valence-electron chi connectivity index (χ1n) is 8.08. The highest BCUT2D eigenvalue weighted by molar-refractivity contribution is 6.31. The third kappa shape index (κ3) is 3.71. The normalized spacial score (nSPS) is 18.2. The fourth-order valence-corrected chi connectivity index (χ4v) is 3.23. The lowest BCUT2D eigenvalue weighted by atomic mass is 9.97. The lowest BCUT2D eigenvalue weighted by molar-refractivity contribution is -0.124. The van der Waals surface area contributed by atoms with E-state index in [1.165, 1.54) is 0 Å². The topological polar surface area (TPSA) is 50.4 Å². The van der Waals surface area contributed by atoms with Gasteiger partial charge >= 0.3 is 0 Å². The van der Waals surface area contributed by atoms with Crippen molar-refractivity contribution < 1.29 is 9.53 Å². The van der Waals surface area contributed by atoms with Crippen molar-refractivity contribution in [2.24, 2.45) is 5.92 Å². The number of rotatable bonds is 5. The molecule has 2 N–H and O–H groups in total. The molecule has 0 bridgehead atoms. The van der Waals surface area contributed by atoms with Crippen LogP contribution < -0.4 is 15.4 Å². The molecule has 5 heteroatoms. The fourth-order valence-electron chi connectivity index (χ4n) is 2.98. The maximum Gasteiger partial charge on any atom is 0.225 e. The molecule has 0 saturated carbocycles. The van der Waals surface area contributed by atoms with E-state index in [9.17, 15) is 4.79 Å². The van der Waals surface area contributed by atoms with Crippen LogP contribution in [0.15, 0.2) is 48.5 Å². The highest BCUT2D eigenvalue weighted by Crippen LogP contribution is 2.30. The maximum atomic E-state index is 12.6. The molecule has 2 aromatic carbocycles. The zero-order chi connectivity index (χ0) is 16.9. The van der Waals surface area contributed by atoms with Crippen LogP contribution in [0.3, 0.4) is 0 Å². The van der Waals surface area contributed by atoms with E-state index in [4.69, 9.17) is 16.3 Å². The van der Waals surface area contributed by atoms with Gasteiger partial charge in [-0.25, -0.2) is 0 Å². The molecule has 1 heterocycles. The first-order valence-corrected chi connectivity index (χ1v) is 8.46. The Hall–Kier alpha value is -2.04. The van der Waals surface area contributed by atoms with Gasteiger partial charge < -0.3 is 15.4 Å². The molecule has 1 aliphatic heterocycles.